The molecule has 0 aliphatic carbocycles. The Morgan fingerprint density at radius 1 is 1.40 bits per heavy atom. The smallest absolute Gasteiger partial charge is 0.228 e. The Kier molecular flexibility index (Phi) is 4.81. The zero-order valence-electron chi connectivity index (χ0n) is 13.1. The van der Waals surface area contributed by atoms with E-state index >= 15 is 0 Å². The fourth-order valence-electron chi connectivity index (χ4n) is 2.95. The molecular weight excluding hydrogens is 248 g/mol. The van der Waals surface area contributed by atoms with Gasteiger partial charge < -0.3 is 10.2 Å². The number of rotatable bonds is 3. The van der Waals surface area contributed by atoms with Gasteiger partial charge in [-0.05, 0) is 50.4 Å². The maximum Gasteiger partial charge on any atom is 0.228 e. The second-order valence-electron chi connectivity index (χ2n) is 6.28. The van der Waals surface area contributed by atoms with Gasteiger partial charge in [-0.25, -0.2) is 0 Å². The zero-order chi connectivity index (χ0) is 14.7. The first-order valence-corrected chi connectivity index (χ1v) is 7.58. The van der Waals surface area contributed by atoms with Crippen LogP contribution in [-0.2, 0) is 4.79 Å². The van der Waals surface area contributed by atoms with Crippen molar-refractivity contribution in [3.63, 3.8) is 0 Å². The Bertz CT molecular complexity index is 482. The van der Waals surface area contributed by atoms with E-state index in [-0.39, 0.29) is 11.8 Å². The number of aryl methyl sites for hydroxylation is 1. The Morgan fingerprint density at radius 2 is 2.15 bits per heavy atom. The number of likely N-dealkylation sites (tertiary alicyclic amines) is 1. The number of para-hydroxylation sites is 1. The summed E-state index contributed by atoms with van der Waals surface area (Å²) < 4.78 is 0. The lowest BCUT2D eigenvalue weighted by molar-refractivity contribution is -0.121. The van der Waals surface area contributed by atoms with Crippen molar-refractivity contribution in [2.24, 2.45) is 5.92 Å². The standard InChI is InChI=1S/C17H26N2O/c1-12(2)15-9-5-7-13(3)16(15)18-17(20)14-8-6-10-19(4)11-14/h5,7,9,12,14H,6,8,10-11H2,1-4H3,(H,18,20)/t14-/m0/s1. The summed E-state index contributed by atoms with van der Waals surface area (Å²) in [5.41, 5.74) is 3.39. The highest BCUT2D eigenvalue weighted by Crippen LogP contribution is 2.28. The maximum absolute atomic E-state index is 12.5. The molecule has 1 aromatic rings. The van der Waals surface area contributed by atoms with Crippen LogP contribution >= 0.6 is 0 Å². The van der Waals surface area contributed by atoms with Gasteiger partial charge in [-0.1, -0.05) is 32.0 Å². The molecule has 0 unspecified atom stereocenters. The van der Waals surface area contributed by atoms with Crippen LogP contribution in [0.2, 0.25) is 0 Å². The number of anilines is 1. The number of piperidine rings is 1. The monoisotopic (exact) mass is 274 g/mol. The second kappa shape index (κ2) is 6.40. The molecule has 1 aliphatic heterocycles. The largest absolute Gasteiger partial charge is 0.325 e. The molecule has 2 rings (SSSR count). The van der Waals surface area contributed by atoms with E-state index in [0.717, 1.165) is 37.2 Å². The number of carbonyl (C=O) groups is 1. The lowest BCUT2D eigenvalue weighted by Gasteiger charge is -2.29. The van der Waals surface area contributed by atoms with Crippen LogP contribution < -0.4 is 5.32 Å². The quantitative estimate of drug-likeness (QED) is 0.916. The van der Waals surface area contributed by atoms with Crippen molar-refractivity contribution in [1.29, 1.82) is 0 Å². The SMILES string of the molecule is Cc1cccc(C(C)C)c1NC(=O)[C@H]1CCCN(C)C1. The molecule has 1 N–H and O–H groups in total. The van der Waals surface area contributed by atoms with Crippen molar-refractivity contribution in [3.05, 3.63) is 29.3 Å². The molecule has 1 heterocycles. The van der Waals surface area contributed by atoms with Gasteiger partial charge in [0.2, 0.25) is 5.91 Å². The molecule has 1 aromatic carbocycles. The molecule has 3 heteroatoms. The molecule has 3 nitrogen and oxygen atoms in total. The molecule has 110 valence electrons. The first-order chi connectivity index (χ1) is 9.49. The van der Waals surface area contributed by atoms with E-state index < -0.39 is 0 Å². The minimum absolute atomic E-state index is 0.119. The minimum atomic E-state index is 0.119. The number of hydrogen-bond acceptors (Lipinski definition) is 2. The van der Waals surface area contributed by atoms with Crippen LogP contribution in [0, 0.1) is 12.8 Å². The molecule has 1 atom stereocenters. The molecule has 0 saturated carbocycles. The van der Waals surface area contributed by atoms with Crippen LogP contribution in [0.15, 0.2) is 18.2 Å². The molecule has 1 saturated heterocycles. The Balaban J connectivity index is 2.15. The fraction of sp³-hybridized carbons (Fsp3) is 0.588. The topological polar surface area (TPSA) is 32.3 Å². The Hall–Kier alpha value is -1.35. The van der Waals surface area contributed by atoms with E-state index in [1.165, 1.54) is 5.56 Å². The van der Waals surface area contributed by atoms with Crippen molar-refractivity contribution < 1.29 is 4.79 Å². The van der Waals surface area contributed by atoms with Gasteiger partial charge in [-0.2, -0.15) is 0 Å². The average Bonchev–Trinajstić information content (AvgIpc) is 2.40. The zero-order valence-corrected chi connectivity index (χ0v) is 13.1. The van der Waals surface area contributed by atoms with Crippen LogP contribution in [0.1, 0.15) is 43.7 Å². The van der Waals surface area contributed by atoms with E-state index in [9.17, 15) is 4.79 Å². The number of benzene rings is 1. The normalized spacial score (nSPS) is 20.1. The summed E-state index contributed by atoms with van der Waals surface area (Å²) in [4.78, 5) is 14.7. The summed E-state index contributed by atoms with van der Waals surface area (Å²) in [6, 6.07) is 6.24. The van der Waals surface area contributed by atoms with Gasteiger partial charge >= 0.3 is 0 Å². The number of hydrogen-bond donors (Lipinski definition) is 1. The van der Waals surface area contributed by atoms with E-state index in [4.69, 9.17) is 0 Å². The van der Waals surface area contributed by atoms with E-state index in [1.54, 1.807) is 0 Å². The van der Waals surface area contributed by atoms with Crippen molar-refractivity contribution in [3.8, 4) is 0 Å². The van der Waals surface area contributed by atoms with Crippen molar-refractivity contribution in [2.45, 2.75) is 39.5 Å². The van der Waals surface area contributed by atoms with Crippen LogP contribution in [0.5, 0.6) is 0 Å². The summed E-state index contributed by atoms with van der Waals surface area (Å²) in [7, 11) is 2.09. The Labute approximate surface area is 122 Å². The Morgan fingerprint density at radius 3 is 2.80 bits per heavy atom. The van der Waals surface area contributed by atoms with Crippen LogP contribution in [0.4, 0.5) is 5.69 Å². The summed E-state index contributed by atoms with van der Waals surface area (Å²) in [6.07, 6.45) is 2.11. The van der Waals surface area contributed by atoms with Gasteiger partial charge in [-0.15, -0.1) is 0 Å². The highest BCUT2D eigenvalue weighted by molar-refractivity contribution is 5.94. The predicted octanol–water partition coefficient (Wildman–Crippen LogP) is 3.40. The van der Waals surface area contributed by atoms with Crippen LogP contribution in [-0.4, -0.2) is 30.9 Å². The third kappa shape index (κ3) is 3.40. The number of amides is 1. The average molecular weight is 274 g/mol. The van der Waals surface area contributed by atoms with Gasteiger partial charge in [0, 0.05) is 12.2 Å². The fourth-order valence-corrected chi connectivity index (χ4v) is 2.95. The van der Waals surface area contributed by atoms with Crippen molar-refractivity contribution in [2.75, 3.05) is 25.5 Å². The van der Waals surface area contributed by atoms with Gasteiger partial charge in [0.05, 0.1) is 5.92 Å². The van der Waals surface area contributed by atoms with Crippen LogP contribution in [0.25, 0.3) is 0 Å². The third-order valence-corrected chi connectivity index (χ3v) is 4.17. The lowest BCUT2D eigenvalue weighted by Crippen LogP contribution is -2.38. The summed E-state index contributed by atoms with van der Waals surface area (Å²) in [6.45, 7) is 8.37. The van der Waals surface area contributed by atoms with Gasteiger partial charge in [0.25, 0.3) is 0 Å². The molecular formula is C17H26N2O. The van der Waals surface area contributed by atoms with E-state index in [2.05, 4.69) is 56.2 Å². The van der Waals surface area contributed by atoms with Crippen molar-refractivity contribution in [1.82, 2.24) is 4.90 Å². The molecule has 0 spiro atoms. The molecule has 1 fully saturated rings. The van der Waals surface area contributed by atoms with E-state index in [0.29, 0.717) is 5.92 Å². The first kappa shape index (κ1) is 15.0. The number of nitrogens with one attached hydrogen (secondary N) is 1. The first-order valence-electron chi connectivity index (χ1n) is 7.58. The maximum atomic E-state index is 12.5. The summed E-state index contributed by atoms with van der Waals surface area (Å²) in [5, 5.41) is 3.18. The van der Waals surface area contributed by atoms with Gasteiger partial charge in [0.15, 0.2) is 0 Å². The molecule has 1 aliphatic rings. The van der Waals surface area contributed by atoms with Gasteiger partial charge in [0.1, 0.15) is 0 Å². The predicted molar refractivity (Wildman–Crippen MR) is 84.1 cm³/mol. The number of nitrogens with zero attached hydrogens (tertiary/aromatic N) is 1. The van der Waals surface area contributed by atoms with Gasteiger partial charge in [-0.3, -0.25) is 4.79 Å². The van der Waals surface area contributed by atoms with Crippen molar-refractivity contribution >= 4 is 11.6 Å². The lowest BCUT2D eigenvalue weighted by atomic mass is 9.95. The molecule has 0 radical (unpaired) electrons. The molecule has 0 bridgehead atoms. The van der Waals surface area contributed by atoms with Crippen LogP contribution in [0.3, 0.4) is 0 Å². The second-order valence-corrected chi connectivity index (χ2v) is 6.28. The number of carbonyl (C=O) groups excluding carboxylic acids is 1. The molecule has 0 aromatic heterocycles. The highest BCUT2D eigenvalue weighted by atomic mass is 16.1. The molecule has 1 amide bonds. The summed E-state index contributed by atoms with van der Waals surface area (Å²) in [5.74, 6) is 0.709. The minimum Gasteiger partial charge on any atom is -0.325 e. The summed E-state index contributed by atoms with van der Waals surface area (Å²) >= 11 is 0. The third-order valence-electron chi connectivity index (χ3n) is 4.17. The highest BCUT2D eigenvalue weighted by Gasteiger charge is 2.25. The van der Waals surface area contributed by atoms with E-state index in [1.807, 2.05) is 0 Å². The molecule has 20 heavy (non-hydrogen) atoms.